The third-order valence-electron chi connectivity index (χ3n) is 6.92. The molecule has 5 rings (SSSR count). The van der Waals surface area contributed by atoms with Crippen molar-refractivity contribution in [3.05, 3.63) is 45.5 Å². The van der Waals surface area contributed by atoms with Crippen LogP contribution >= 0.6 is 47.3 Å². The standard InChI is InChI=1S/C28H35N9O8S3.ClH/c1-14-7-18(37-17(30-14)8-35(34-37)12-42-5)46-9-15-10-47-24-20(32-22(38)19(33-43-6)16-11-48-27(29)31-16)23(39)36(24)21(15)25(40)44-13-45-26(41)28(2,3)4;/h7-8,11,20,24,34H,9-10,12-13H2,1-6H3,(H2,29,31)(H,32,38);1H/b33-19-;/t20?,24-;/m1./s1. The van der Waals surface area contributed by atoms with Gasteiger partial charge in [-0.1, -0.05) is 5.16 Å². The Balaban J connectivity index is 0.00000541. The first-order valence-corrected chi connectivity index (χ1v) is 17.3. The number of esters is 2. The number of rotatable bonds is 12. The molecule has 4 N–H and O–H groups in total. The van der Waals surface area contributed by atoms with Crippen LogP contribution in [0.1, 0.15) is 33.4 Å². The summed E-state index contributed by atoms with van der Waals surface area (Å²) in [6.45, 7) is 6.56. The Morgan fingerprint density at radius 3 is 2.65 bits per heavy atom. The molecule has 1 fully saturated rings. The van der Waals surface area contributed by atoms with E-state index in [2.05, 4.69) is 26.0 Å². The van der Waals surface area contributed by atoms with Crippen LogP contribution in [-0.4, -0.2) is 106 Å². The number of fused-ring (bicyclic) bond motifs is 2. The van der Waals surface area contributed by atoms with Crippen LogP contribution in [0, 0.1) is 5.41 Å². The molecule has 1 aromatic rings. The van der Waals surface area contributed by atoms with Crippen LogP contribution in [0.15, 0.2) is 49.9 Å². The summed E-state index contributed by atoms with van der Waals surface area (Å²) < 4.78 is 15.7. The second-order valence-electron chi connectivity index (χ2n) is 11.6. The fourth-order valence-electron chi connectivity index (χ4n) is 4.68. The number of hydrogen-bond donors (Lipinski definition) is 3. The maximum atomic E-state index is 13.6. The van der Waals surface area contributed by atoms with Gasteiger partial charge in [0.25, 0.3) is 11.8 Å². The predicted molar refractivity (Wildman–Crippen MR) is 186 cm³/mol. The number of oxime groups is 1. The van der Waals surface area contributed by atoms with E-state index in [0.29, 0.717) is 22.9 Å². The molecule has 2 amide bonds. The predicted octanol–water partition coefficient (Wildman–Crippen LogP) is 1.73. The third kappa shape index (κ3) is 8.32. The molecule has 4 aliphatic rings. The van der Waals surface area contributed by atoms with Crippen LogP contribution in [0.2, 0.25) is 0 Å². The number of carbonyl (C=O) groups excluding carboxylic acids is 4. The molecule has 0 aliphatic carbocycles. The van der Waals surface area contributed by atoms with E-state index in [-0.39, 0.29) is 41.4 Å². The molecule has 1 unspecified atom stereocenters. The Morgan fingerprint density at radius 1 is 1.24 bits per heavy atom. The third-order valence-corrected chi connectivity index (χ3v) is 10.0. The quantitative estimate of drug-likeness (QED) is 0.0914. The highest BCUT2D eigenvalue weighted by Gasteiger charge is 2.55. The lowest BCUT2D eigenvalue weighted by molar-refractivity contribution is -0.173. The molecule has 21 heteroatoms. The second-order valence-corrected chi connectivity index (χ2v) is 14.6. The number of thioether (sulfide) groups is 2. The van der Waals surface area contributed by atoms with Gasteiger partial charge in [0, 0.05) is 29.7 Å². The maximum Gasteiger partial charge on any atom is 0.357 e. The van der Waals surface area contributed by atoms with Crippen molar-refractivity contribution >= 4 is 87.6 Å². The number of β-lactam (4-membered cyclic amide) rings is 1. The van der Waals surface area contributed by atoms with Gasteiger partial charge in [0.15, 0.2) is 16.7 Å². The normalized spacial score (nSPS) is 20.3. The van der Waals surface area contributed by atoms with Crippen molar-refractivity contribution in [2.24, 2.45) is 15.6 Å². The number of ether oxygens (including phenoxy) is 3. The van der Waals surface area contributed by atoms with Crippen molar-refractivity contribution in [1.82, 2.24) is 30.8 Å². The van der Waals surface area contributed by atoms with Crippen LogP contribution < -0.4 is 16.6 Å². The van der Waals surface area contributed by atoms with Crippen LogP contribution in [0.25, 0.3) is 0 Å². The molecule has 49 heavy (non-hydrogen) atoms. The summed E-state index contributed by atoms with van der Waals surface area (Å²) in [6.07, 6.45) is 3.70. The molecule has 266 valence electrons. The van der Waals surface area contributed by atoms with Gasteiger partial charge in [-0.15, -0.1) is 52.8 Å². The van der Waals surface area contributed by atoms with Crippen LogP contribution in [0.4, 0.5) is 5.13 Å². The highest BCUT2D eigenvalue weighted by atomic mass is 35.5. The highest BCUT2D eigenvalue weighted by molar-refractivity contribution is 8.03. The summed E-state index contributed by atoms with van der Waals surface area (Å²) in [7, 11) is 2.86. The minimum Gasteiger partial charge on any atom is -0.427 e. The monoisotopic (exact) mass is 757 g/mol. The number of carbonyl (C=O) groups is 4. The molecule has 0 aromatic carbocycles. The van der Waals surface area contributed by atoms with Crippen molar-refractivity contribution in [1.29, 1.82) is 0 Å². The Hall–Kier alpha value is -3.82. The molecule has 1 aromatic heterocycles. The summed E-state index contributed by atoms with van der Waals surface area (Å²) in [6, 6.07) is -0.982. The topological polar surface area (TPSA) is 203 Å². The largest absolute Gasteiger partial charge is 0.427 e. The maximum absolute atomic E-state index is 13.6. The van der Waals surface area contributed by atoms with Gasteiger partial charge < -0.3 is 30.1 Å². The Bertz CT molecular complexity index is 1650. The van der Waals surface area contributed by atoms with Crippen molar-refractivity contribution in [3.63, 3.8) is 0 Å². The van der Waals surface area contributed by atoms with Crippen LogP contribution in [0.5, 0.6) is 0 Å². The first-order chi connectivity index (χ1) is 22.8. The number of nitrogens with two attached hydrogens (primary N) is 1. The molecular weight excluding hydrogens is 722 g/mol. The lowest BCUT2D eigenvalue weighted by atomic mass is 9.98. The highest BCUT2D eigenvalue weighted by Crippen LogP contribution is 2.42. The zero-order valence-corrected chi connectivity index (χ0v) is 30.6. The van der Waals surface area contributed by atoms with Gasteiger partial charge in [0.2, 0.25) is 6.79 Å². The van der Waals surface area contributed by atoms with Gasteiger partial charge in [-0.2, -0.15) is 0 Å². The van der Waals surface area contributed by atoms with Gasteiger partial charge in [-0.05, 0) is 39.3 Å². The fourth-order valence-corrected chi connectivity index (χ4v) is 7.78. The number of allylic oxidation sites excluding steroid dienone is 1. The average molecular weight is 758 g/mol. The lowest BCUT2D eigenvalue weighted by Crippen LogP contribution is -2.71. The summed E-state index contributed by atoms with van der Waals surface area (Å²) in [5, 5.41) is 11.9. The zero-order chi connectivity index (χ0) is 34.7. The van der Waals surface area contributed by atoms with Crippen molar-refractivity contribution in [2.45, 2.75) is 39.1 Å². The number of aromatic nitrogens is 1. The summed E-state index contributed by atoms with van der Waals surface area (Å²) >= 11 is 3.92. The number of aliphatic imine (C=N–C) groups is 1. The summed E-state index contributed by atoms with van der Waals surface area (Å²) in [5.41, 5.74) is 9.56. The molecule has 5 heterocycles. The van der Waals surface area contributed by atoms with E-state index in [4.69, 9.17) is 24.8 Å². The fraction of sp³-hybridized carbons (Fsp3) is 0.464. The lowest BCUT2D eigenvalue weighted by Gasteiger charge is -2.49. The number of thiazole rings is 1. The Kier molecular flexibility index (Phi) is 12.3. The minimum absolute atomic E-state index is 0. The van der Waals surface area contributed by atoms with E-state index in [1.807, 2.05) is 19.2 Å². The Labute approximate surface area is 300 Å². The van der Waals surface area contributed by atoms with E-state index < -0.39 is 47.4 Å². The van der Waals surface area contributed by atoms with Crippen molar-refractivity contribution in [3.8, 4) is 0 Å². The van der Waals surface area contributed by atoms with E-state index in [0.717, 1.165) is 22.1 Å². The van der Waals surface area contributed by atoms with Crippen LogP contribution in [-0.2, 0) is 38.2 Å². The number of nitrogens with one attached hydrogen (secondary N) is 2. The number of hydrogen-bond acceptors (Lipinski definition) is 18. The summed E-state index contributed by atoms with van der Waals surface area (Å²) in [4.78, 5) is 67.4. The molecule has 17 nitrogen and oxygen atoms in total. The van der Waals surface area contributed by atoms with Gasteiger partial charge >= 0.3 is 11.9 Å². The number of nitrogens with zero attached hydrogens (tertiary/aromatic N) is 6. The van der Waals surface area contributed by atoms with E-state index in [9.17, 15) is 19.2 Å². The number of hydrazine groups is 2. The molecule has 0 spiro atoms. The molecular formula is C28H36ClN9O8S3. The first kappa shape index (κ1) is 38.0. The second kappa shape index (κ2) is 15.8. The van der Waals surface area contributed by atoms with E-state index >= 15 is 0 Å². The number of halogens is 1. The molecule has 0 bridgehead atoms. The van der Waals surface area contributed by atoms with Crippen molar-refractivity contribution < 1.29 is 38.2 Å². The van der Waals surface area contributed by atoms with Crippen molar-refractivity contribution in [2.75, 3.05) is 45.0 Å². The number of amides is 2. The smallest absolute Gasteiger partial charge is 0.357 e. The van der Waals surface area contributed by atoms with E-state index in [1.165, 1.54) is 35.5 Å². The van der Waals surface area contributed by atoms with E-state index in [1.54, 1.807) is 43.3 Å². The average Bonchev–Trinajstić information content (AvgIpc) is 3.65. The minimum atomic E-state index is -0.982. The van der Waals surface area contributed by atoms with Gasteiger partial charge in [0.1, 0.15) is 36.6 Å². The SMILES string of the molecule is COCN1C=C2N=C(C)C=C(SCC3=C(C(=O)OCOC(=O)C(C)(C)C)N4C(=O)C(NC(=O)/C(=N\OC)c5csc(N)n5)[C@H]4SC3)N2N1.Cl. The molecule has 4 aliphatic heterocycles. The number of methoxy groups -OCH3 is 1. The molecule has 1 saturated heterocycles. The summed E-state index contributed by atoms with van der Waals surface area (Å²) in [5.74, 6) is -1.31. The number of anilines is 1. The first-order valence-electron chi connectivity index (χ1n) is 14.4. The zero-order valence-electron chi connectivity index (χ0n) is 27.4. The Morgan fingerprint density at radius 2 is 2.00 bits per heavy atom. The molecule has 0 radical (unpaired) electrons. The van der Waals surface area contributed by atoms with Crippen LogP contribution in [0.3, 0.4) is 0 Å². The van der Waals surface area contributed by atoms with Gasteiger partial charge in [0.05, 0.1) is 16.6 Å². The number of nitrogen functional groups attached to an aromatic ring is 1. The van der Waals surface area contributed by atoms with Gasteiger partial charge in [-0.25, -0.2) is 19.8 Å². The molecule has 0 saturated carbocycles. The molecule has 2 atom stereocenters. The van der Waals surface area contributed by atoms with Gasteiger partial charge in [-0.3, -0.25) is 24.3 Å².